The topological polar surface area (TPSA) is 72.0 Å². The summed E-state index contributed by atoms with van der Waals surface area (Å²) in [6.07, 6.45) is 0. The fourth-order valence-corrected chi connectivity index (χ4v) is 1.84. The highest BCUT2D eigenvalue weighted by atomic mass is 16.5. The first kappa shape index (κ1) is 13.3. The lowest BCUT2D eigenvalue weighted by Crippen LogP contribution is -2.13. The van der Waals surface area contributed by atoms with Gasteiger partial charge in [0.2, 0.25) is 0 Å². The van der Waals surface area contributed by atoms with Crippen LogP contribution in [0.25, 0.3) is 11.0 Å². The molecule has 0 radical (unpaired) electrons. The molecule has 5 heteroatoms. The molecule has 1 aromatic carbocycles. The minimum Gasteiger partial charge on any atom is -0.506 e. The molecule has 0 saturated carbocycles. The number of hydrogen-bond donors (Lipinski definition) is 1. The predicted molar refractivity (Wildman–Crippen MR) is 73.1 cm³/mol. The Bertz CT molecular complexity index is 673. The molecule has 0 bridgehead atoms. The van der Waals surface area contributed by atoms with Crippen molar-refractivity contribution in [2.45, 2.75) is 6.92 Å². The van der Waals surface area contributed by atoms with Crippen LogP contribution in [0.15, 0.2) is 38.5 Å². The van der Waals surface area contributed by atoms with Crippen LogP contribution in [-0.2, 0) is 4.74 Å². The third kappa shape index (κ3) is 2.66. The lowest BCUT2D eigenvalue weighted by Gasteiger charge is -2.06. The summed E-state index contributed by atoms with van der Waals surface area (Å²) in [5.41, 5.74) is 0.317. The van der Waals surface area contributed by atoms with Gasteiger partial charge in [-0.1, -0.05) is 12.1 Å². The Labute approximate surface area is 110 Å². The summed E-state index contributed by atoms with van der Waals surface area (Å²) in [4.78, 5) is 16.1. The molecule has 0 fully saturated rings. The fraction of sp³-hybridized carbons (Fsp3) is 0.286. The molecule has 1 N–H and O–H groups in total. The van der Waals surface area contributed by atoms with Gasteiger partial charge in [0.25, 0.3) is 0 Å². The normalized spacial score (nSPS) is 12.0. The average Bonchev–Trinajstić information content (AvgIpc) is 2.39. The van der Waals surface area contributed by atoms with Crippen LogP contribution in [0.5, 0.6) is 5.75 Å². The SMILES string of the molecule is COCC/N=C(\C)c1c(O)c2ccccc2oc1=O. The highest BCUT2D eigenvalue weighted by Gasteiger charge is 2.15. The zero-order valence-corrected chi connectivity index (χ0v) is 10.8. The average molecular weight is 261 g/mol. The van der Waals surface area contributed by atoms with E-state index in [4.69, 9.17) is 9.15 Å². The first-order chi connectivity index (χ1) is 9.15. The van der Waals surface area contributed by atoms with Gasteiger partial charge in [-0.2, -0.15) is 0 Å². The molecule has 0 spiro atoms. The first-order valence-electron chi connectivity index (χ1n) is 5.90. The predicted octanol–water partition coefficient (Wildman–Crippen LogP) is 1.95. The van der Waals surface area contributed by atoms with Crippen LogP contribution in [0, 0.1) is 0 Å². The van der Waals surface area contributed by atoms with Crippen molar-refractivity contribution in [3.63, 3.8) is 0 Å². The van der Waals surface area contributed by atoms with E-state index in [0.29, 0.717) is 29.8 Å². The van der Waals surface area contributed by atoms with E-state index in [2.05, 4.69) is 4.99 Å². The zero-order chi connectivity index (χ0) is 13.8. The highest BCUT2D eigenvalue weighted by molar-refractivity contribution is 6.04. The summed E-state index contributed by atoms with van der Waals surface area (Å²) in [5.74, 6) is -0.0921. The number of rotatable bonds is 4. The van der Waals surface area contributed by atoms with Crippen LogP contribution >= 0.6 is 0 Å². The molecular formula is C14H15NO4. The van der Waals surface area contributed by atoms with Gasteiger partial charge >= 0.3 is 5.63 Å². The maximum atomic E-state index is 11.9. The van der Waals surface area contributed by atoms with Crippen molar-refractivity contribution in [1.82, 2.24) is 0 Å². The smallest absolute Gasteiger partial charge is 0.349 e. The highest BCUT2D eigenvalue weighted by Crippen LogP contribution is 2.26. The Morgan fingerprint density at radius 1 is 1.42 bits per heavy atom. The van der Waals surface area contributed by atoms with Gasteiger partial charge in [0.1, 0.15) is 16.9 Å². The number of para-hydroxylation sites is 1. The van der Waals surface area contributed by atoms with Gasteiger partial charge in [-0.05, 0) is 19.1 Å². The van der Waals surface area contributed by atoms with Gasteiger partial charge < -0.3 is 14.3 Å². The minimum atomic E-state index is -0.588. The number of fused-ring (bicyclic) bond motifs is 1. The maximum absolute atomic E-state index is 11.9. The van der Waals surface area contributed by atoms with Crippen LogP contribution < -0.4 is 5.63 Å². The molecule has 0 aliphatic rings. The van der Waals surface area contributed by atoms with E-state index in [9.17, 15) is 9.90 Å². The number of aliphatic imine (C=N–C) groups is 1. The van der Waals surface area contributed by atoms with Crippen molar-refractivity contribution in [3.05, 3.63) is 40.2 Å². The summed E-state index contributed by atoms with van der Waals surface area (Å²) in [7, 11) is 1.58. The molecule has 5 nitrogen and oxygen atoms in total. The molecule has 0 atom stereocenters. The third-order valence-electron chi connectivity index (χ3n) is 2.79. The summed E-state index contributed by atoms with van der Waals surface area (Å²) >= 11 is 0. The lowest BCUT2D eigenvalue weighted by atomic mass is 10.1. The van der Waals surface area contributed by atoms with Crippen LogP contribution in [0.2, 0.25) is 0 Å². The second-order valence-electron chi connectivity index (χ2n) is 4.07. The maximum Gasteiger partial charge on any atom is 0.349 e. The molecule has 0 aliphatic heterocycles. The quantitative estimate of drug-likeness (QED) is 0.518. The largest absolute Gasteiger partial charge is 0.506 e. The first-order valence-corrected chi connectivity index (χ1v) is 5.90. The Morgan fingerprint density at radius 3 is 2.89 bits per heavy atom. The van der Waals surface area contributed by atoms with E-state index in [1.165, 1.54) is 0 Å². The van der Waals surface area contributed by atoms with Gasteiger partial charge in [0, 0.05) is 7.11 Å². The second-order valence-corrected chi connectivity index (χ2v) is 4.07. The summed E-state index contributed by atoms with van der Waals surface area (Å²) < 4.78 is 10.1. The van der Waals surface area contributed by atoms with Gasteiger partial charge in [-0.3, -0.25) is 4.99 Å². The number of methoxy groups -OCH3 is 1. The molecule has 100 valence electrons. The van der Waals surface area contributed by atoms with Gasteiger partial charge in [0.05, 0.1) is 24.2 Å². The van der Waals surface area contributed by atoms with E-state index >= 15 is 0 Å². The molecule has 1 aromatic heterocycles. The van der Waals surface area contributed by atoms with Crippen LogP contribution in [0.1, 0.15) is 12.5 Å². The molecule has 2 aromatic rings. The molecule has 2 rings (SSSR count). The summed E-state index contributed by atoms with van der Waals surface area (Å²) in [6.45, 7) is 2.54. The van der Waals surface area contributed by atoms with E-state index in [-0.39, 0.29) is 11.3 Å². The number of aromatic hydroxyl groups is 1. The van der Waals surface area contributed by atoms with Crippen molar-refractivity contribution in [2.75, 3.05) is 20.3 Å². The molecule has 0 unspecified atom stereocenters. The van der Waals surface area contributed by atoms with E-state index < -0.39 is 5.63 Å². The number of benzene rings is 1. The zero-order valence-electron chi connectivity index (χ0n) is 10.8. The monoisotopic (exact) mass is 261 g/mol. The van der Waals surface area contributed by atoms with Gasteiger partial charge in [0.15, 0.2) is 0 Å². The van der Waals surface area contributed by atoms with Gasteiger partial charge in [-0.15, -0.1) is 0 Å². The van der Waals surface area contributed by atoms with E-state index in [0.717, 1.165) is 0 Å². The van der Waals surface area contributed by atoms with Crippen LogP contribution in [0.4, 0.5) is 0 Å². The molecule has 0 aliphatic carbocycles. The third-order valence-corrected chi connectivity index (χ3v) is 2.79. The molecule has 0 amide bonds. The Hall–Kier alpha value is -2.14. The number of ether oxygens (including phenoxy) is 1. The Balaban J connectivity index is 2.54. The molecule has 0 saturated heterocycles. The molecule has 19 heavy (non-hydrogen) atoms. The van der Waals surface area contributed by atoms with Crippen LogP contribution in [0.3, 0.4) is 0 Å². The Morgan fingerprint density at radius 2 is 2.16 bits per heavy atom. The number of nitrogens with zero attached hydrogens (tertiary/aromatic N) is 1. The van der Waals surface area contributed by atoms with Crippen molar-refractivity contribution in [2.24, 2.45) is 4.99 Å². The summed E-state index contributed by atoms with van der Waals surface area (Å²) in [6, 6.07) is 6.84. The molecule has 1 heterocycles. The second kappa shape index (κ2) is 5.67. The standard InChI is InChI=1S/C14H15NO4/c1-9(15-7-8-18-2)12-13(16)10-5-3-4-6-11(10)19-14(12)17/h3-6,16H,7-8H2,1-2H3/b15-9+. The van der Waals surface area contributed by atoms with Crippen molar-refractivity contribution < 1.29 is 14.3 Å². The number of hydrogen-bond acceptors (Lipinski definition) is 5. The Kier molecular flexibility index (Phi) is 3.97. The van der Waals surface area contributed by atoms with Crippen molar-refractivity contribution in [1.29, 1.82) is 0 Å². The van der Waals surface area contributed by atoms with E-state index in [1.54, 1.807) is 38.3 Å². The molecular weight excluding hydrogens is 246 g/mol. The fourth-order valence-electron chi connectivity index (χ4n) is 1.84. The summed E-state index contributed by atoms with van der Waals surface area (Å²) in [5, 5.41) is 10.7. The van der Waals surface area contributed by atoms with Crippen molar-refractivity contribution in [3.8, 4) is 5.75 Å². The minimum absolute atomic E-state index is 0.0921. The lowest BCUT2D eigenvalue weighted by molar-refractivity contribution is 0.208. The van der Waals surface area contributed by atoms with Gasteiger partial charge in [-0.25, -0.2) is 4.79 Å². The van der Waals surface area contributed by atoms with Crippen LogP contribution in [-0.4, -0.2) is 31.1 Å². The van der Waals surface area contributed by atoms with E-state index in [1.807, 2.05) is 0 Å². The van der Waals surface area contributed by atoms with Crippen molar-refractivity contribution >= 4 is 16.7 Å².